The van der Waals surface area contributed by atoms with Gasteiger partial charge in [-0.05, 0) is 17.8 Å². The number of hydrogen-bond acceptors (Lipinski definition) is 5. The minimum Gasteiger partial charge on any atom is -0.481 e. The van der Waals surface area contributed by atoms with Crippen molar-refractivity contribution in [3.8, 4) is 0 Å². The zero-order valence-corrected chi connectivity index (χ0v) is 14.4. The second-order valence-electron chi connectivity index (χ2n) is 6.16. The Morgan fingerprint density at radius 2 is 1.65 bits per heavy atom. The molecule has 0 rings (SSSR count). The molecular weight excluding hydrogens is 300 g/mol. The number of carboxylic acid groups (broad SMARTS) is 1. The average Bonchev–Trinajstić information content (AvgIpc) is 2.43. The molecule has 0 aromatic heterocycles. The van der Waals surface area contributed by atoms with Gasteiger partial charge in [0.15, 0.2) is 0 Å². The van der Waals surface area contributed by atoms with Gasteiger partial charge in [0.1, 0.15) is 6.04 Å². The maximum atomic E-state index is 11.9. The number of ether oxygens (including phenoxy) is 1. The van der Waals surface area contributed by atoms with Gasteiger partial charge in [0.25, 0.3) is 0 Å². The van der Waals surface area contributed by atoms with Crippen molar-refractivity contribution in [2.75, 3.05) is 7.11 Å². The summed E-state index contributed by atoms with van der Waals surface area (Å²) in [5.41, 5.74) is 5.49. The molecule has 0 saturated heterocycles. The van der Waals surface area contributed by atoms with Crippen LogP contribution in [0.2, 0.25) is 0 Å². The number of nitrogens with one attached hydrogen (secondary N) is 1. The van der Waals surface area contributed by atoms with Gasteiger partial charge in [-0.15, -0.1) is 0 Å². The molecule has 0 aliphatic heterocycles. The molecule has 0 radical (unpaired) electrons. The number of carboxylic acids is 1. The summed E-state index contributed by atoms with van der Waals surface area (Å²) in [6.45, 7) is 8.29. The van der Waals surface area contributed by atoms with Gasteiger partial charge < -0.3 is 20.9 Å². The highest BCUT2D eigenvalue weighted by molar-refractivity contribution is 5.90. The summed E-state index contributed by atoms with van der Waals surface area (Å²) >= 11 is 0. The van der Waals surface area contributed by atoms with E-state index in [4.69, 9.17) is 10.8 Å². The lowest BCUT2D eigenvalue weighted by atomic mass is 9.85. The molecule has 0 aromatic carbocycles. The Labute approximate surface area is 137 Å². The monoisotopic (exact) mass is 328 g/mol. The Bertz CT molecular complexity index is 438. The quantitative estimate of drug-likeness (QED) is 0.428. The number of methoxy groups -OCH3 is 1. The predicted molar refractivity (Wildman–Crippen MR) is 86.5 cm³/mol. The number of allylic oxidation sites excluding steroid dienone is 1. The van der Waals surface area contributed by atoms with Crippen molar-refractivity contribution in [1.82, 2.24) is 5.32 Å². The number of esters is 1. The Morgan fingerprint density at radius 3 is 2.04 bits per heavy atom. The summed E-state index contributed by atoms with van der Waals surface area (Å²) in [6, 6.07) is -2.22. The van der Waals surface area contributed by atoms with Crippen LogP contribution >= 0.6 is 0 Å². The van der Waals surface area contributed by atoms with E-state index in [9.17, 15) is 14.4 Å². The lowest BCUT2D eigenvalue weighted by Gasteiger charge is -2.22. The van der Waals surface area contributed by atoms with Crippen LogP contribution in [0.3, 0.4) is 0 Å². The van der Waals surface area contributed by atoms with E-state index in [0.717, 1.165) is 0 Å². The fraction of sp³-hybridized carbons (Fsp3) is 0.688. The van der Waals surface area contributed by atoms with Crippen molar-refractivity contribution in [3.63, 3.8) is 0 Å². The van der Waals surface area contributed by atoms with Crippen molar-refractivity contribution in [1.29, 1.82) is 0 Å². The molecule has 0 aliphatic rings. The fourth-order valence-electron chi connectivity index (χ4n) is 2.31. The molecule has 0 aromatic rings. The molecule has 132 valence electrons. The minimum absolute atomic E-state index is 0.228. The highest BCUT2D eigenvalue weighted by Crippen LogP contribution is 2.22. The first-order valence-corrected chi connectivity index (χ1v) is 7.64. The number of aliphatic carboxylic acids is 1. The molecule has 23 heavy (non-hydrogen) atoms. The van der Waals surface area contributed by atoms with Crippen LogP contribution in [0, 0.1) is 17.8 Å². The molecule has 7 nitrogen and oxygen atoms in total. The fourth-order valence-corrected chi connectivity index (χ4v) is 2.31. The third kappa shape index (κ3) is 7.78. The molecule has 2 atom stereocenters. The van der Waals surface area contributed by atoms with E-state index < -0.39 is 36.4 Å². The Hall–Kier alpha value is -1.89. The van der Waals surface area contributed by atoms with Crippen LogP contribution in [0.1, 0.15) is 34.1 Å². The molecule has 4 N–H and O–H groups in total. The number of carbonyl (C=O) groups excluding carboxylic acids is 2. The molecule has 0 aliphatic carbocycles. The highest BCUT2D eigenvalue weighted by atomic mass is 16.5. The Morgan fingerprint density at radius 1 is 1.13 bits per heavy atom. The van der Waals surface area contributed by atoms with Crippen molar-refractivity contribution < 1.29 is 24.2 Å². The van der Waals surface area contributed by atoms with Crippen molar-refractivity contribution in [3.05, 3.63) is 12.2 Å². The molecule has 7 heteroatoms. The van der Waals surface area contributed by atoms with Gasteiger partial charge in [-0.25, -0.2) is 4.79 Å². The maximum absolute atomic E-state index is 11.9. The van der Waals surface area contributed by atoms with Gasteiger partial charge >= 0.3 is 11.9 Å². The van der Waals surface area contributed by atoms with E-state index in [1.807, 2.05) is 6.08 Å². The molecule has 1 unspecified atom stereocenters. The molecule has 1 amide bonds. The van der Waals surface area contributed by atoms with E-state index in [-0.39, 0.29) is 5.92 Å². The third-order valence-electron chi connectivity index (χ3n) is 3.55. The minimum atomic E-state index is -1.22. The first-order valence-electron chi connectivity index (χ1n) is 7.64. The number of rotatable bonds is 9. The summed E-state index contributed by atoms with van der Waals surface area (Å²) in [5.74, 6) is -1.56. The van der Waals surface area contributed by atoms with Gasteiger partial charge in [0.05, 0.1) is 19.6 Å². The third-order valence-corrected chi connectivity index (χ3v) is 3.55. The van der Waals surface area contributed by atoms with Crippen molar-refractivity contribution >= 4 is 17.8 Å². The van der Waals surface area contributed by atoms with Gasteiger partial charge in [-0.3, -0.25) is 9.59 Å². The molecule has 0 spiro atoms. The van der Waals surface area contributed by atoms with Gasteiger partial charge in [-0.2, -0.15) is 0 Å². The SMILES string of the molecule is COC(=O)C(C=CC(C(C)C)C(C)C)NC(=O)[C@@H](N)CC(=O)O. The first kappa shape index (κ1) is 21.1. The number of carbonyl (C=O) groups is 3. The van der Waals surface area contributed by atoms with Crippen LogP contribution < -0.4 is 11.1 Å². The largest absolute Gasteiger partial charge is 0.481 e. The number of nitrogens with two attached hydrogens (primary N) is 1. The van der Waals surface area contributed by atoms with E-state index in [1.165, 1.54) is 7.11 Å². The van der Waals surface area contributed by atoms with E-state index in [1.54, 1.807) is 6.08 Å². The predicted octanol–water partition coefficient (Wildman–Crippen LogP) is 0.931. The molecular formula is C16H28N2O5. The zero-order chi connectivity index (χ0) is 18.2. The van der Waals surface area contributed by atoms with Gasteiger partial charge in [-0.1, -0.05) is 39.8 Å². The van der Waals surface area contributed by atoms with Crippen LogP contribution in [0.25, 0.3) is 0 Å². The summed E-state index contributed by atoms with van der Waals surface area (Å²) in [5, 5.41) is 11.1. The van der Waals surface area contributed by atoms with Gasteiger partial charge in [0, 0.05) is 0 Å². The second kappa shape index (κ2) is 9.99. The lowest BCUT2D eigenvalue weighted by Crippen LogP contribution is -2.48. The highest BCUT2D eigenvalue weighted by Gasteiger charge is 2.24. The Kier molecular flexibility index (Phi) is 9.17. The topological polar surface area (TPSA) is 119 Å². The second-order valence-corrected chi connectivity index (χ2v) is 6.16. The molecule has 0 fully saturated rings. The van der Waals surface area contributed by atoms with Gasteiger partial charge in [0.2, 0.25) is 5.91 Å². The molecule has 0 bridgehead atoms. The summed E-state index contributed by atoms with van der Waals surface area (Å²) in [7, 11) is 1.22. The van der Waals surface area contributed by atoms with Crippen molar-refractivity contribution in [2.45, 2.75) is 46.2 Å². The first-order chi connectivity index (χ1) is 10.6. The number of amides is 1. The normalized spacial score (nSPS) is 14.3. The Balaban J connectivity index is 5.06. The van der Waals surface area contributed by atoms with Crippen LogP contribution in [-0.4, -0.2) is 42.1 Å². The molecule has 0 saturated carbocycles. The summed E-state index contributed by atoms with van der Waals surface area (Å²) < 4.78 is 4.67. The van der Waals surface area contributed by atoms with Crippen LogP contribution in [0.4, 0.5) is 0 Å². The standard InChI is InChI=1S/C16H28N2O5/c1-9(2)11(10(3)4)6-7-13(16(22)23-5)18-15(21)12(17)8-14(19)20/h6-7,9-13H,8,17H2,1-5H3,(H,18,21)(H,19,20)/t12-,13?/m0/s1. The summed E-state index contributed by atoms with van der Waals surface area (Å²) in [6.07, 6.45) is 2.94. The smallest absolute Gasteiger partial charge is 0.332 e. The number of hydrogen-bond donors (Lipinski definition) is 3. The van der Waals surface area contributed by atoms with E-state index in [2.05, 4.69) is 37.7 Å². The summed E-state index contributed by atoms with van der Waals surface area (Å²) in [4.78, 5) is 34.3. The van der Waals surface area contributed by atoms with Crippen LogP contribution in [0.15, 0.2) is 12.2 Å². The van der Waals surface area contributed by atoms with E-state index >= 15 is 0 Å². The zero-order valence-electron chi connectivity index (χ0n) is 14.4. The van der Waals surface area contributed by atoms with Crippen LogP contribution in [0.5, 0.6) is 0 Å². The average molecular weight is 328 g/mol. The van der Waals surface area contributed by atoms with Crippen molar-refractivity contribution in [2.24, 2.45) is 23.5 Å². The lowest BCUT2D eigenvalue weighted by molar-refractivity contribution is -0.144. The van der Waals surface area contributed by atoms with Crippen LogP contribution in [-0.2, 0) is 19.1 Å². The maximum Gasteiger partial charge on any atom is 0.332 e. The van der Waals surface area contributed by atoms with E-state index in [0.29, 0.717) is 11.8 Å². The molecule has 0 heterocycles.